The van der Waals surface area contributed by atoms with Crippen LogP contribution < -0.4 is 15.0 Å². The van der Waals surface area contributed by atoms with E-state index in [0.717, 1.165) is 50.7 Å². The highest BCUT2D eigenvalue weighted by atomic mass is 19.1. The number of ether oxygens (including phenoxy) is 1. The van der Waals surface area contributed by atoms with Crippen LogP contribution in [0, 0.1) is 5.82 Å². The molecule has 0 amide bonds. The van der Waals surface area contributed by atoms with Gasteiger partial charge in [0.1, 0.15) is 29.9 Å². The van der Waals surface area contributed by atoms with Crippen molar-refractivity contribution in [1.29, 1.82) is 0 Å². The Labute approximate surface area is 236 Å². The van der Waals surface area contributed by atoms with E-state index in [1.54, 1.807) is 30.5 Å². The molecule has 212 valence electrons. The van der Waals surface area contributed by atoms with Crippen LogP contribution in [0.4, 0.5) is 14.6 Å². The van der Waals surface area contributed by atoms with Gasteiger partial charge in [0.25, 0.3) is 0 Å². The Hall–Kier alpha value is -3.63. The fraction of sp³-hybridized carbons (Fsp3) is 0.452. The summed E-state index contributed by atoms with van der Waals surface area (Å²) in [5.74, 6) is 0.195. The molecule has 41 heavy (non-hydrogen) atoms. The number of rotatable bonds is 5. The standard InChI is InChI=1S/C31H32F2N6O2/c32-18-13-31(8-2-10-38(31)16-18)17-41-30-36-28-24(29(37-30)39-19-4-5-20(39)15-34-14-19)7-6-23(27(28)33)25-11-21(40)12-26-22(25)3-1-9-35-26/h1,3,6-7,9,11-12,18-20,34,40H,2,4-5,8,10,13-17H2/t18-,19-,20+,31+/m1/s1. The minimum Gasteiger partial charge on any atom is -0.508 e. The average molecular weight is 559 g/mol. The molecule has 6 heterocycles. The Balaban J connectivity index is 1.26. The van der Waals surface area contributed by atoms with Gasteiger partial charge in [-0.2, -0.15) is 9.97 Å². The van der Waals surface area contributed by atoms with Crippen molar-refractivity contribution in [3.05, 3.63) is 48.4 Å². The lowest BCUT2D eigenvalue weighted by molar-refractivity contribution is 0.107. The maximum atomic E-state index is 16.6. The van der Waals surface area contributed by atoms with Gasteiger partial charge in [-0.05, 0) is 56.0 Å². The van der Waals surface area contributed by atoms with Crippen LogP contribution in [0.1, 0.15) is 32.1 Å². The third-order valence-electron chi connectivity index (χ3n) is 9.62. The van der Waals surface area contributed by atoms with Gasteiger partial charge in [0, 0.05) is 66.7 Å². The highest BCUT2D eigenvalue weighted by Gasteiger charge is 2.49. The number of hydrogen-bond acceptors (Lipinski definition) is 8. The van der Waals surface area contributed by atoms with Crippen LogP contribution in [0.3, 0.4) is 0 Å². The van der Waals surface area contributed by atoms with E-state index in [0.29, 0.717) is 40.8 Å². The van der Waals surface area contributed by atoms with Crippen molar-refractivity contribution in [2.75, 3.05) is 37.7 Å². The molecule has 2 aromatic carbocycles. The number of anilines is 1. The minimum absolute atomic E-state index is 0.0126. The Bertz CT molecular complexity index is 1650. The molecular weight excluding hydrogens is 526 g/mol. The molecule has 0 unspecified atom stereocenters. The van der Waals surface area contributed by atoms with E-state index < -0.39 is 12.0 Å². The lowest BCUT2D eigenvalue weighted by Crippen LogP contribution is -2.52. The van der Waals surface area contributed by atoms with Crippen LogP contribution >= 0.6 is 0 Å². The average Bonchev–Trinajstić information content (AvgIpc) is 3.58. The summed E-state index contributed by atoms with van der Waals surface area (Å²) < 4.78 is 37.3. The molecule has 4 aliphatic heterocycles. The van der Waals surface area contributed by atoms with Crippen molar-refractivity contribution in [2.45, 2.75) is 55.9 Å². The smallest absolute Gasteiger partial charge is 0.319 e. The summed E-state index contributed by atoms with van der Waals surface area (Å²) in [7, 11) is 0. The summed E-state index contributed by atoms with van der Waals surface area (Å²) in [5, 5.41) is 15.3. The molecule has 0 spiro atoms. The van der Waals surface area contributed by atoms with E-state index >= 15 is 4.39 Å². The third kappa shape index (κ3) is 4.02. The molecule has 4 aliphatic rings. The maximum absolute atomic E-state index is 16.6. The predicted molar refractivity (Wildman–Crippen MR) is 153 cm³/mol. The predicted octanol–water partition coefficient (Wildman–Crippen LogP) is 4.59. The van der Waals surface area contributed by atoms with Crippen LogP contribution in [-0.4, -0.2) is 81.5 Å². The van der Waals surface area contributed by atoms with E-state index in [4.69, 9.17) is 9.72 Å². The summed E-state index contributed by atoms with van der Waals surface area (Å²) in [6.07, 6.45) is 5.17. The second-order valence-corrected chi connectivity index (χ2v) is 12.0. The van der Waals surface area contributed by atoms with Crippen LogP contribution in [0.15, 0.2) is 42.6 Å². The first-order valence-electron chi connectivity index (χ1n) is 14.6. The summed E-state index contributed by atoms with van der Waals surface area (Å²) in [5.41, 5.74) is 1.26. The van der Waals surface area contributed by atoms with Crippen molar-refractivity contribution in [3.63, 3.8) is 0 Å². The fourth-order valence-electron chi connectivity index (χ4n) is 7.76. The van der Waals surface area contributed by atoms with Gasteiger partial charge in [-0.25, -0.2) is 8.78 Å². The van der Waals surface area contributed by atoms with Gasteiger partial charge in [0.2, 0.25) is 0 Å². The highest BCUT2D eigenvalue weighted by Crippen LogP contribution is 2.42. The molecule has 2 aromatic heterocycles. The zero-order valence-electron chi connectivity index (χ0n) is 22.7. The third-order valence-corrected chi connectivity index (χ3v) is 9.62. The fourth-order valence-corrected chi connectivity index (χ4v) is 7.76. The van der Waals surface area contributed by atoms with Crippen molar-refractivity contribution < 1.29 is 18.6 Å². The monoisotopic (exact) mass is 558 g/mol. The molecule has 4 fully saturated rings. The Kier molecular flexibility index (Phi) is 5.79. The van der Waals surface area contributed by atoms with Crippen molar-refractivity contribution in [3.8, 4) is 22.9 Å². The zero-order chi connectivity index (χ0) is 27.7. The van der Waals surface area contributed by atoms with Crippen LogP contribution in [0.5, 0.6) is 11.8 Å². The van der Waals surface area contributed by atoms with Crippen molar-refractivity contribution >= 4 is 27.6 Å². The van der Waals surface area contributed by atoms with Crippen LogP contribution in [0.2, 0.25) is 0 Å². The molecule has 10 heteroatoms. The molecule has 0 radical (unpaired) electrons. The van der Waals surface area contributed by atoms with Crippen LogP contribution in [-0.2, 0) is 0 Å². The van der Waals surface area contributed by atoms with E-state index in [9.17, 15) is 9.50 Å². The molecule has 0 aliphatic carbocycles. The maximum Gasteiger partial charge on any atom is 0.319 e. The van der Waals surface area contributed by atoms with E-state index in [2.05, 4.69) is 25.1 Å². The molecule has 2 N–H and O–H groups in total. The lowest BCUT2D eigenvalue weighted by atomic mass is 9.95. The van der Waals surface area contributed by atoms with Crippen molar-refractivity contribution in [2.24, 2.45) is 0 Å². The molecule has 8 rings (SSSR count). The SMILES string of the molecule is Oc1cc(-c2ccc3c(N4[C@@H]5CC[C@H]4CNC5)nc(OC[C@@]45CCCN4C[C@H](F)C5)nc3c2F)c2cccnc2c1. The van der Waals surface area contributed by atoms with Crippen molar-refractivity contribution in [1.82, 2.24) is 25.2 Å². The Morgan fingerprint density at radius 2 is 1.93 bits per heavy atom. The molecule has 0 saturated carbocycles. The summed E-state index contributed by atoms with van der Waals surface area (Å²) in [4.78, 5) is 18.4. The normalized spacial score (nSPS) is 27.7. The van der Waals surface area contributed by atoms with Gasteiger partial charge in [-0.3, -0.25) is 9.88 Å². The number of alkyl halides is 1. The highest BCUT2D eigenvalue weighted by molar-refractivity contribution is 6.00. The van der Waals surface area contributed by atoms with E-state index in [1.807, 2.05) is 12.1 Å². The van der Waals surface area contributed by atoms with Gasteiger partial charge in [-0.1, -0.05) is 12.1 Å². The molecular formula is C31H32F2N6O2. The molecule has 4 atom stereocenters. The Morgan fingerprint density at radius 3 is 2.78 bits per heavy atom. The largest absolute Gasteiger partial charge is 0.508 e. The number of fused-ring (bicyclic) bond motifs is 5. The number of nitrogens with zero attached hydrogens (tertiary/aromatic N) is 5. The zero-order valence-corrected chi connectivity index (χ0v) is 22.7. The second kappa shape index (κ2) is 9.46. The number of hydrogen-bond donors (Lipinski definition) is 2. The number of pyridine rings is 1. The van der Waals surface area contributed by atoms with Gasteiger partial charge >= 0.3 is 6.01 Å². The van der Waals surface area contributed by atoms with Crippen LogP contribution in [0.25, 0.3) is 32.9 Å². The number of aromatic hydroxyl groups is 1. The number of phenolic OH excluding ortho intramolecular Hbond substituents is 1. The number of benzene rings is 2. The van der Waals surface area contributed by atoms with Gasteiger partial charge < -0.3 is 20.1 Å². The summed E-state index contributed by atoms with van der Waals surface area (Å²) in [6.45, 7) is 3.26. The molecule has 8 nitrogen and oxygen atoms in total. The second-order valence-electron chi connectivity index (χ2n) is 12.0. The van der Waals surface area contributed by atoms with Gasteiger partial charge in [0.15, 0.2) is 5.82 Å². The molecule has 2 bridgehead atoms. The summed E-state index contributed by atoms with van der Waals surface area (Å²) in [6, 6.07) is 11.0. The number of nitrogens with one attached hydrogen (secondary N) is 1. The van der Waals surface area contributed by atoms with Gasteiger partial charge in [-0.15, -0.1) is 0 Å². The molecule has 4 saturated heterocycles. The number of piperazine rings is 1. The number of aromatic nitrogens is 3. The quantitative estimate of drug-likeness (QED) is 0.368. The first-order chi connectivity index (χ1) is 20.0. The van der Waals surface area contributed by atoms with E-state index in [-0.39, 0.29) is 41.5 Å². The molecule has 4 aromatic rings. The lowest BCUT2D eigenvalue weighted by Gasteiger charge is -2.37. The first-order valence-corrected chi connectivity index (χ1v) is 14.6. The topological polar surface area (TPSA) is 86.6 Å². The number of phenols is 1. The number of halogens is 2. The first kappa shape index (κ1) is 25.1. The minimum atomic E-state index is -0.866. The Morgan fingerprint density at radius 1 is 1.07 bits per heavy atom. The summed E-state index contributed by atoms with van der Waals surface area (Å²) >= 11 is 0. The van der Waals surface area contributed by atoms with Gasteiger partial charge in [0.05, 0.1) is 11.1 Å². The van der Waals surface area contributed by atoms with E-state index in [1.165, 1.54) is 0 Å².